The van der Waals surface area contributed by atoms with Crippen LogP contribution in [0.5, 0.6) is 0 Å². The molecule has 0 radical (unpaired) electrons. The Hall–Kier alpha value is -1.45. The maximum absolute atomic E-state index is 10.5. The SMILES string of the molecule is CN1CC=CC(O)=C1C(=O)O. The number of carboxylic acid groups (broad SMARTS) is 1. The van der Waals surface area contributed by atoms with Crippen LogP contribution in [0, 0.1) is 0 Å². The van der Waals surface area contributed by atoms with Gasteiger partial charge in [0, 0.05) is 13.6 Å². The van der Waals surface area contributed by atoms with Gasteiger partial charge < -0.3 is 15.1 Å². The van der Waals surface area contributed by atoms with Gasteiger partial charge in [0.1, 0.15) is 5.76 Å². The summed E-state index contributed by atoms with van der Waals surface area (Å²) >= 11 is 0. The molecule has 2 N–H and O–H groups in total. The third-order valence-electron chi connectivity index (χ3n) is 1.48. The van der Waals surface area contributed by atoms with Crippen molar-refractivity contribution in [2.75, 3.05) is 13.6 Å². The van der Waals surface area contributed by atoms with Gasteiger partial charge in [0.25, 0.3) is 0 Å². The number of carboxylic acids is 1. The van der Waals surface area contributed by atoms with Crippen LogP contribution in [-0.2, 0) is 4.79 Å². The lowest BCUT2D eigenvalue weighted by molar-refractivity contribution is -0.134. The van der Waals surface area contributed by atoms with Gasteiger partial charge in [-0.1, -0.05) is 6.08 Å². The first-order chi connectivity index (χ1) is 5.13. The summed E-state index contributed by atoms with van der Waals surface area (Å²) in [6.45, 7) is 0.520. The lowest BCUT2D eigenvalue weighted by atomic mass is 10.2. The largest absolute Gasteiger partial charge is 0.506 e. The minimum atomic E-state index is -1.10. The van der Waals surface area contributed by atoms with Crippen molar-refractivity contribution < 1.29 is 15.0 Å². The predicted molar refractivity (Wildman–Crippen MR) is 39.1 cm³/mol. The molecule has 1 heterocycles. The molecule has 60 valence electrons. The fourth-order valence-corrected chi connectivity index (χ4v) is 0.961. The van der Waals surface area contributed by atoms with Crippen LogP contribution in [0.3, 0.4) is 0 Å². The van der Waals surface area contributed by atoms with Gasteiger partial charge in [-0.3, -0.25) is 0 Å². The molecule has 0 spiro atoms. The number of aliphatic hydroxyl groups excluding tert-OH is 1. The molecule has 0 atom stereocenters. The number of allylic oxidation sites excluding steroid dienone is 1. The van der Waals surface area contributed by atoms with E-state index in [2.05, 4.69) is 0 Å². The molecule has 4 heteroatoms. The maximum atomic E-state index is 10.5. The summed E-state index contributed by atoms with van der Waals surface area (Å²) in [4.78, 5) is 12.0. The minimum Gasteiger partial charge on any atom is -0.506 e. The van der Waals surface area contributed by atoms with Gasteiger partial charge in [-0.05, 0) is 6.08 Å². The van der Waals surface area contributed by atoms with E-state index in [1.54, 1.807) is 13.1 Å². The van der Waals surface area contributed by atoms with Gasteiger partial charge in [-0.2, -0.15) is 0 Å². The number of hydrogen-bond donors (Lipinski definition) is 2. The van der Waals surface area contributed by atoms with Crippen molar-refractivity contribution in [3.8, 4) is 0 Å². The van der Waals surface area contributed by atoms with E-state index < -0.39 is 5.97 Å². The lowest BCUT2D eigenvalue weighted by Gasteiger charge is -2.20. The molecule has 0 aromatic carbocycles. The van der Waals surface area contributed by atoms with Crippen molar-refractivity contribution in [2.45, 2.75) is 0 Å². The highest BCUT2D eigenvalue weighted by molar-refractivity contribution is 5.87. The fraction of sp³-hybridized carbons (Fsp3) is 0.286. The first kappa shape index (κ1) is 7.65. The molecule has 0 unspecified atom stereocenters. The number of rotatable bonds is 1. The highest BCUT2D eigenvalue weighted by atomic mass is 16.4. The number of carbonyl (C=O) groups is 1. The monoisotopic (exact) mass is 155 g/mol. The normalized spacial score (nSPS) is 17.4. The molecule has 11 heavy (non-hydrogen) atoms. The average Bonchev–Trinajstić information content (AvgIpc) is 1.85. The van der Waals surface area contributed by atoms with E-state index in [4.69, 9.17) is 10.2 Å². The highest BCUT2D eigenvalue weighted by Gasteiger charge is 2.18. The number of aliphatic hydroxyl groups is 1. The van der Waals surface area contributed by atoms with E-state index >= 15 is 0 Å². The Kier molecular flexibility index (Phi) is 1.85. The van der Waals surface area contributed by atoms with Gasteiger partial charge in [0.15, 0.2) is 5.70 Å². The third-order valence-corrected chi connectivity index (χ3v) is 1.48. The van der Waals surface area contributed by atoms with Crippen molar-refractivity contribution in [2.24, 2.45) is 0 Å². The Morgan fingerprint density at radius 1 is 1.73 bits per heavy atom. The lowest BCUT2D eigenvalue weighted by Crippen LogP contribution is -2.27. The summed E-state index contributed by atoms with van der Waals surface area (Å²) in [6.07, 6.45) is 3.09. The second-order valence-electron chi connectivity index (χ2n) is 2.32. The van der Waals surface area contributed by atoms with E-state index in [0.717, 1.165) is 0 Å². The Labute approximate surface area is 64.1 Å². The van der Waals surface area contributed by atoms with E-state index in [1.165, 1.54) is 11.0 Å². The van der Waals surface area contributed by atoms with Crippen LogP contribution in [0.2, 0.25) is 0 Å². The summed E-state index contributed by atoms with van der Waals surface area (Å²) < 4.78 is 0. The second kappa shape index (κ2) is 2.65. The first-order valence-corrected chi connectivity index (χ1v) is 3.17. The van der Waals surface area contributed by atoms with Gasteiger partial charge in [0.05, 0.1) is 0 Å². The molecule has 1 aliphatic heterocycles. The van der Waals surface area contributed by atoms with Crippen molar-refractivity contribution >= 4 is 5.97 Å². The minimum absolute atomic E-state index is 0.0486. The predicted octanol–water partition coefficient (Wildman–Crippen LogP) is 0.342. The van der Waals surface area contributed by atoms with Gasteiger partial charge >= 0.3 is 5.97 Å². The molecule has 1 aliphatic rings. The molecular formula is C7H9NO3. The van der Waals surface area contributed by atoms with Crippen LogP contribution in [0.4, 0.5) is 0 Å². The van der Waals surface area contributed by atoms with E-state index in [9.17, 15) is 4.79 Å². The summed E-state index contributed by atoms with van der Waals surface area (Å²) in [5.41, 5.74) is -0.0486. The molecule has 4 nitrogen and oxygen atoms in total. The van der Waals surface area contributed by atoms with Crippen molar-refractivity contribution in [3.05, 3.63) is 23.6 Å². The summed E-state index contributed by atoms with van der Waals surface area (Å²) in [6, 6.07) is 0. The molecular weight excluding hydrogens is 146 g/mol. The van der Waals surface area contributed by atoms with Crippen LogP contribution in [0.15, 0.2) is 23.6 Å². The van der Waals surface area contributed by atoms with Crippen molar-refractivity contribution in [1.82, 2.24) is 4.90 Å². The third kappa shape index (κ3) is 1.34. The maximum Gasteiger partial charge on any atom is 0.356 e. The Morgan fingerprint density at radius 2 is 2.36 bits per heavy atom. The van der Waals surface area contributed by atoms with Crippen molar-refractivity contribution in [3.63, 3.8) is 0 Å². The molecule has 0 aromatic rings. The van der Waals surface area contributed by atoms with Gasteiger partial charge in [-0.15, -0.1) is 0 Å². The number of nitrogens with zero attached hydrogens (tertiary/aromatic N) is 1. The van der Waals surface area contributed by atoms with Crippen LogP contribution >= 0.6 is 0 Å². The second-order valence-corrected chi connectivity index (χ2v) is 2.32. The molecule has 1 rings (SSSR count). The van der Waals surface area contributed by atoms with E-state index in [1.807, 2.05) is 0 Å². The first-order valence-electron chi connectivity index (χ1n) is 3.17. The van der Waals surface area contributed by atoms with Crippen LogP contribution < -0.4 is 0 Å². The van der Waals surface area contributed by atoms with E-state index in [0.29, 0.717) is 6.54 Å². The Morgan fingerprint density at radius 3 is 2.73 bits per heavy atom. The molecule has 0 bridgehead atoms. The molecule has 0 fully saturated rings. The Bertz CT molecular complexity index is 242. The zero-order chi connectivity index (χ0) is 8.43. The number of hydrogen-bond acceptors (Lipinski definition) is 3. The summed E-state index contributed by atoms with van der Waals surface area (Å²) in [7, 11) is 1.61. The number of aliphatic carboxylic acids is 1. The van der Waals surface area contributed by atoms with Crippen molar-refractivity contribution in [1.29, 1.82) is 0 Å². The summed E-state index contributed by atoms with van der Waals surface area (Å²) in [5.74, 6) is -1.29. The average molecular weight is 155 g/mol. The Balaban J connectivity index is 3.01. The molecule has 0 amide bonds. The van der Waals surface area contributed by atoms with Crippen LogP contribution in [0.25, 0.3) is 0 Å². The van der Waals surface area contributed by atoms with Gasteiger partial charge in [-0.25, -0.2) is 4.79 Å². The zero-order valence-corrected chi connectivity index (χ0v) is 6.11. The summed E-state index contributed by atoms with van der Waals surface area (Å²) in [5, 5.41) is 17.7. The van der Waals surface area contributed by atoms with Crippen LogP contribution in [-0.4, -0.2) is 34.7 Å². The topological polar surface area (TPSA) is 60.8 Å². The molecule has 0 aromatic heterocycles. The smallest absolute Gasteiger partial charge is 0.356 e. The quantitative estimate of drug-likeness (QED) is 0.573. The molecule has 0 saturated heterocycles. The standard InChI is InChI=1S/C7H9NO3/c1-8-4-2-3-5(9)6(8)7(10)11/h2-3,9H,4H2,1H3,(H,10,11). The zero-order valence-electron chi connectivity index (χ0n) is 6.11. The molecule has 0 aliphatic carbocycles. The van der Waals surface area contributed by atoms with Gasteiger partial charge in [0.2, 0.25) is 0 Å². The fourth-order valence-electron chi connectivity index (χ4n) is 0.961. The molecule has 0 saturated carbocycles. The van der Waals surface area contributed by atoms with Crippen LogP contribution in [0.1, 0.15) is 0 Å². The number of likely N-dealkylation sites (N-methyl/N-ethyl adjacent to an activating group) is 1. The highest BCUT2D eigenvalue weighted by Crippen LogP contribution is 2.12. The van der Waals surface area contributed by atoms with E-state index in [-0.39, 0.29) is 11.5 Å².